The van der Waals surface area contributed by atoms with Crippen LogP contribution in [0.1, 0.15) is 16.1 Å². The van der Waals surface area contributed by atoms with Crippen LogP contribution in [0, 0.1) is 5.92 Å². The molecule has 0 aliphatic carbocycles. The molecule has 124 valence electrons. The van der Waals surface area contributed by atoms with E-state index in [1.807, 2.05) is 5.38 Å². The van der Waals surface area contributed by atoms with Crippen molar-refractivity contribution in [3.8, 4) is 0 Å². The number of halogens is 4. The Bertz CT molecular complexity index is 516. The summed E-state index contributed by atoms with van der Waals surface area (Å²) in [5.41, 5.74) is 0. The van der Waals surface area contributed by atoms with E-state index in [2.05, 4.69) is 10.6 Å². The molecule has 0 radical (unpaired) electrons. The number of aliphatic carboxylic acids is 1. The van der Waals surface area contributed by atoms with Crippen LogP contribution in [0.15, 0.2) is 11.4 Å². The monoisotopic (exact) mass is 358 g/mol. The van der Waals surface area contributed by atoms with Gasteiger partial charge in [0.25, 0.3) is 5.91 Å². The van der Waals surface area contributed by atoms with Gasteiger partial charge in [-0.3, -0.25) is 4.79 Å². The first-order chi connectivity index (χ1) is 10.2. The number of carboxylic acids is 1. The van der Waals surface area contributed by atoms with Crippen molar-refractivity contribution < 1.29 is 27.9 Å². The minimum Gasteiger partial charge on any atom is -0.475 e. The van der Waals surface area contributed by atoms with E-state index in [1.54, 1.807) is 6.07 Å². The quantitative estimate of drug-likeness (QED) is 0.775. The average Bonchev–Trinajstić information content (AvgIpc) is 3.06. The fourth-order valence-electron chi connectivity index (χ4n) is 1.66. The Morgan fingerprint density at radius 1 is 1.50 bits per heavy atom. The number of carbonyl (C=O) groups excluding carboxylic acids is 1. The van der Waals surface area contributed by atoms with Crippen LogP contribution in [0.2, 0.25) is 5.02 Å². The maximum Gasteiger partial charge on any atom is 0.490 e. The Balaban J connectivity index is 0.000000295. The second-order valence-electron chi connectivity index (χ2n) is 4.47. The standard InChI is InChI=1S/C10H13ClN2OS.C2HF3O2/c11-8-2-4-15-9(8)10(14)13-6-7-1-3-12-5-7;3-2(4,5)1(6)7/h2,4,7,12H,1,3,5-6H2,(H,13,14);(H,6,7)/t7-;/m0./s1. The minimum absolute atomic E-state index is 0.0538. The summed E-state index contributed by atoms with van der Waals surface area (Å²) in [6.45, 7) is 2.79. The predicted molar refractivity (Wildman–Crippen MR) is 76.3 cm³/mol. The van der Waals surface area contributed by atoms with Crippen LogP contribution < -0.4 is 10.6 Å². The lowest BCUT2D eigenvalue weighted by Crippen LogP contribution is -2.29. The molecule has 1 fully saturated rings. The largest absolute Gasteiger partial charge is 0.490 e. The van der Waals surface area contributed by atoms with Gasteiger partial charge in [-0.15, -0.1) is 11.3 Å². The molecule has 10 heteroatoms. The molecule has 5 nitrogen and oxygen atoms in total. The first-order valence-electron chi connectivity index (χ1n) is 6.24. The Labute approximate surface area is 133 Å². The van der Waals surface area contributed by atoms with Gasteiger partial charge in [-0.25, -0.2) is 4.79 Å². The molecule has 0 bridgehead atoms. The molecule has 0 aromatic carbocycles. The lowest BCUT2D eigenvalue weighted by Gasteiger charge is -2.09. The Kier molecular flexibility index (Phi) is 7.11. The molecular formula is C12H14ClF3N2O3S. The van der Waals surface area contributed by atoms with E-state index in [0.717, 1.165) is 26.1 Å². The molecule has 0 saturated carbocycles. The first kappa shape index (κ1) is 18.7. The number of hydrogen-bond acceptors (Lipinski definition) is 4. The van der Waals surface area contributed by atoms with Crippen molar-refractivity contribution in [1.82, 2.24) is 10.6 Å². The number of alkyl halides is 3. The van der Waals surface area contributed by atoms with E-state index in [-0.39, 0.29) is 5.91 Å². The summed E-state index contributed by atoms with van der Waals surface area (Å²) in [5.74, 6) is -2.25. The van der Waals surface area contributed by atoms with E-state index in [1.165, 1.54) is 11.3 Å². The van der Waals surface area contributed by atoms with E-state index in [0.29, 0.717) is 15.8 Å². The van der Waals surface area contributed by atoms with Crippen LogP contribution in [-0.2, 0) is 4.79 Å². The molecule has 1 aromatic heterocycles. The summed E-state index contributed by atoms with van der Waals surface area (Å²) in [6, 6.07) is 1.75. The highest BCUT2D eigenvalue weighted by molar-refractivity contribution is 7.12. The van der Waals surface area contributed by atoms with Crippen molar-refractivity contribution in [2.24, 2.45) is 5.92 Å². The summed E-state index contributed by atoms with van der Waals surface area (Å²) < 4.78 is 31.7. The maximum atomic E-state index is 11.7. The number of carboxylic acid groups (broad SMARTS) is 1. The number of thiophene rings is 1. The zero-order valence-corrected chi connectivity index (χ0v) is 12.8. The normalized spacial score (nSPS) is 17.5. The van der Waals surface area contributed by atoms with Crippen LogP contribution in [0.3, 0.4) is 0 Å². The lowest BCUT2D eigenvalue weighted by atomic mass is 10.1. The smallest absolute Gasteiger partial charge is 0.475 e. The Morgan fingerprint density at radius 2 is 2.14 bits per heavy atom. The van der Waals surface area contributed by atoms with Gasteiger partial charge < -0.3 is 15.7 Å². The van der Waals surface area contributed by atoms with Gasteiger partial charge in [0.1, 0.15) is 4.88 Å². The summed E-state index contributed by atoms with van der Waals surface area (Å²) in [5, 5.41) is 15.7. The zero-order chi connectivity index (χ0) is 16.8. The predicted octanol–water partition coefficient (Wildman–Crippen LogP) is 2.37. The lowest BCUT2D eigenvalue weighted by molar-refractivity contribution is -0.192. The Hall–Kier alpha value is -1.32. The van der Waals surface area contributed by atoms with Crippen LogP contribution >= 0.6 is 22.9 Å². The number of rotatable bonds is 3. The summed E-state index contributed by atoms with van der Waals surface area (Å²) in [6.07, 6.45) is -3.95. The molecule has 22 heavy (non-hydrogen) atoms. The van der Waals surface area contributed by atoms with Crippen molar-refractivity contribution in [3.05, 3.63) is 21.3 Å². The fraction of sp³-hybridized carbons (Fsp3) is 0.500. The van der Waals surface area contributed by atoms with Crippen LogP contribution in [0.25, 0.3) is 0 Å². The van der Waals surface area contributed by atoms with E-state index in [4.69, 9.17) is 21.5 Å². The summed E-state index contributed by atoms with van der Waals surface area (Å²) in [7, 11) is 0. The summed E-state index contributed by atoms with van der Waals surface area (Å²) in [4.78, 5) is 21.2. The van der Waals surface area contributed by atoms with E-state index >= 15 is 0 Å². The van der Waals surface area contributed by atoms with Crippen molar-refractivity contribution in [2.45, 2.75) is 12.6 Å². The number of amides is 1. The molecule has 1 saturated heterocycles. The highest BCUT2D eigenvalue weighted by atomic mass is 35.5. The van der Waals surface area contributed by atoms with Crippen molar-refractivity contribution in [2.75, 3.05) is 19.6 Å². The highest BCUT2D eigenvalue weighted by Crippen LogP contribution is 2.21. The fourth-order valence-corrected chi connectivity index (χ4v) is 2.72. The highest BCUT2D eigenvalue weighted by Gasteiger charge is 2.38. The molecule has 0 spiro atoms. The molecule has 1 aromatic rings. The average molecular weight is 359 g/mol. The molecule has 1 amide bonds. The van der Waals surface area contributed by atoms with E-state index < -0.39 is 12.1 Å². The molecule has 1 aliphatic heterocycles. The zero-order valence-electron chi connectivity index (χ0n) is 11.2. The van der Waals surface area contributed by atoms with Crippen molar-refractivity contribution in [3.63, 3.8) is 0 Å². The van der Waals surface area contributed by atoms with Gasteiger partial charge in [-0.1, -0.05) is 11.6 Å². The second kappa shape index (κ2) is 8.35. The van der Waals surface area contributed by atoms with Crippen LogP contribution in [-0.4, -0.2) is 42.8 Å². The molecule has 2 heterocycles. The van der Waals surface area contributed by atoms with Gasteiger partial charge in [-0.2, -0.15) is 13.2 Å². The molecule has 1 aliphatic rings. The third kappa shape index (κ3) is 6.20. The topological polar surface area (TPSA) is 78.4 Å². The third-order valence-corrected chi connectivity index (χ3v) is 4.12. The molecule has 3 N–H and O–H groups in total. The number of nitrogens with one attached hydrogen (secondary N) is 2. The SMILES string of the molecule is O=C(NC[C@H]1CCNC1)c1sccc1Cl.O=C(O)C(F)(F)F. The van der Waals surface area contributed by atoms with Gasteiger partial charge in [-0.05, 0) is 36.9 Å². The molecule has 1 atom stereocenters. The van der Waals surface area contributed by atoms with Gasteiger partial charge in [0, 0.05) is 6.54 Å². The van der Waals surface area contributed by atoms with Gasteiger partial charge in [0.15, 0.2) is 0 Å². The van der Waals surface area contributed by atoms with Crippen molar-refractivity contribution in [1.29, 1.82) is 0 Å². The minimum atomic E-state index is -5.08. The number of hydrogen-bond donors (Lipinski definition) is 3. The van der Waals surface area contributed by atoms with Gasteiger partial charge >= 0.3 is 12.1 Å². The van der Waals surface area contributed by atoms with E-state index in [9.17, 15) is 18.0 Å². The van der Waals surface area contributed by atoms with Gasteiger partial charge in [0.2, 0.25) is 0 Å². The third-order valence-electron chi connectivity index (χ3n) is 2.78. The molecular weight excluding hydrogens is 345 g/mol. The maximum absolute atomic E-state index is 11.7. The Morgan fingerprint density at radius 3 is 2.55 bits per heavy atom. The number of carbonyl (C=O) groups is 2. The van der Waals surface area contributed by atoms with Gasteiger partial charge in [0.05, 0.1) is 5.02 Å². The van der Waals surface area contributed by atoms with Crippen LogP contribution in [0.5, 0.6) is 0 Å². The van der Waals surface area contributed by atoms with Crippen LogP contribution in [0.4, 0.5) is 13.2 Å². The molecule has 0 unspecified atom stereocenters. The second-order valence-corrected chi connectivity index (χ2v) is 5.79. The first-order valence-corrected chi connectivity index (χ1v) is 7.49. The van der Waals surface area contributed by atoms with Crippen molar-refractivity contribution >= 4 is 34.8 Å². The summed E-state index contributed by atoms with van der Waals surface area (Å²) >= 11 is 7.25. The molecule has 2 rings (SSSR count).